The topological polar surface area (TPSA) is 62.7 Å². The fourth-order valence-corrected chi connectivity index (χ4v) is 4.67. The van der Waals surface area contributed by atoms with Crippen molar-refractivity contribution in [3.05, 3.63) is 35.4 Å². The van der Waals surface area contributed by atoms with Crippen LogP contribution in [-0.2, 0) is 28.7 Å². The molecule has 1 aliphatic carbocycles. The number of hydrogen-bond acceptors (Lipinski definition) is 3. The van der Waals surface area contributed by atoms with E-state index < -0.39 is 10.8 Å². The highest BCUT2D eigenvalue weighted by molar-refractivity contribution is 7.85. The molecule has 0 spiro atoms. The largest absolute Gasteiger partial charge is 0.380 e. The van der Waals surface area contributed by atoms with Crippen molar-refractivity contribution in [2.45, 2.75) is 57.1 Å². The van der Waals surface area contributed by atoms with Gasteiger partial charge in [-0.3, -0.25) is 9.20 Å². The molecule has 0 heterocycles. The molecule has 0 radical (unpaired) electrons. The first-order valence-corrected chi connectivity index (χ1v) is 10.5. The van der Waals surface area contributed by atoms with Gasteiger partial charge in [-0.15, -0.1) is 0 Å². The Labute approximate surface area is 154 Å². The lowest BCUT2D eigenvalue weighted by Crippen LogP contribution is -2.46. The van der Waals surface area contributed by atoms with E-state index in [1.807, 2.05) is 13.0 Å². The van der Waals surface area contributed by atoms with Gasteiger partial charge in [0.1, 0.15) is 0 Å². The number of ether oxygens (including phenoxy) is 1. The highest BCUT2D eigenvalue weighted by Gasteiger charge is 2.25. The average molecular weight is 366 g/mol. The Hall–Kier alpha value is -1.40. The summed E-state index contributed by atoms with van der Waals surface area (Å²) in [6.45, 7) is 3.35. The van der Waals surface area contributed by atoms with Crippen LogP contribution in [0.25, 0.3) is 0 Å². The second kappa shape index (κ2) is 10.6. The Morgan fingerprint density at radius 2 is 2.16 bits per heavy atom. The third kappa shape index (κ3) is 6.44. The van der Waals surface area contributed by atoms with Crippen molar-refractivity contribution in [2.75, 3.05) is 19.9 Å². The van der Waals surface area contributed by atoms with E-state index in [4.69, 9.17) is 4.74 Å². The Kier molecular flexibility index (Phi) is 8.41. The van der Waals surface area contributed by atoms with Gasteiger partial charge in [0, 0.05) is 48.5 Å². The molecule has 6 heteroatoms. The van der Waals surface area contributed by atoms with Crippen LogP contribution in [0.1, 0.15) is 43.7 Å². The van der Waals surface area contributed by atoms with Crippen LogP contribution in [0.5, 0.6) is 0 Å². The lowest BCUT2D eigenvalue weighted by Gasteiger charge is -2.30. The normalized spacial score (nSPS) is 22.4. The van der Waals surface area contributed by atoms with Gasteiger partial charge in [-0.1, -0.05) is 37.6 Å². The maximum atomic E-state index is 12.1. The molecule has 1 aromatic rings. The number of rotatable bonds is 7. The first-order valence-electron chi connectivity index (χ1n) is 9.07. The molecule has 0 bridgehead atoms. The molecule has 0 saturated heterocycles. The lowest BCUT2D eigenvalue weighted by molar-refractivity contribution is 0.185. The molecule has 5 nitrogen and oxygen atoms in total. The summed E-state index contributed by atoms with van der Waals surface area (Å²) in [6.07, 6.45) is 4.28. The lowest BCUT2D eigenvalue weighted by atomic mass is 9.95. The minimum atomic E-state index is -0.701. The van der Waals surface area contributed by atoms with E-state index in [2.05, 4.69) is 33.8 Å². The smallest absolute Gasteiger partial charge is 0.191 e. The highest BCUT2D eigenvalue weighted by Crippen LogP contribution is 2.23. The van der Waals surface area contributed by atoms with E-state index in [1.165, 1.54) is 11.1 Å². The van der Waals surface area contributed by atoms with Gasteiger partial charge >= 0.3 is 0 Å². The van der Waals surface area contributed by atoms with Crippen LogP contribution in [0.15, 0.2) is 29.3 Å². The van der Waals surface area contributed by atoms with Crippen LogP contribution < -0.4 is 10.6 Å². The first-order chi connectivity index (χ1) is 12.2. The van der Waals surface area contributed by atoms with Gasteiger partial charge in [-0.05, 0) is 30.4 Å². The van der Waals surface area contributed by atoms with Crippen molar-refractivity contribution in [1.29, 1.82) is 0 Å². The molecule has 3 unspecified atom stereocenters. The van der Waals surface area contributed by atoms with Crippen LogP contribution in [0.3, 0.4) is 0 Å². The fraction of sp³-hybridized carbons (Fsp3) is 0.632. The number of guanidine groups is 1. The zero-order valence-electron chi connectivity index (χ0n) is 15.6. The standard InChI is InChI=1S/C19H31N3O2S/c1-4-25(23)18-10-6-9-17(12-18)22-19(20-2)21-13-15-7-5-8-16(11-15)14-24-3/h5,7-8,11,17-18H,4,6,9-10,12-14H2,1-3H3,(H2,20,21,22). The summed E-state index contributed by atoms with van der Waals surface area (Å²) in [6, 6.07) is 8.70. The molecule has 0 amide bonds. The predicted octanol–water partition coefficient (Wildman–Crippen LogP) is 2.58. The Morgan fingerprint density at radius 1 is 1.36 bits per heavy atom. The SMILES string of the molecule is CCS(=O)C1CCCC(NC(=NC)NCc2cccc(COC)c2)C1. The highest BCUT2D eigenvalue weighted by atomic mass is 32.2. The monoisotopic (exact) mass is 365 g/mol. The minimum Gasteiger partial charge on any atom is -0.380 e. The molecule has 2 rings (SSSR count). The van der Waals surface area contributed by atoms with E-state index in [0.717, 1.165) is 37.4 Å². The van der Waals surface area contributed by atoms with Gasteiger partial charge in [0.15, 0.2) is 5.96 Å². The molecule has 1 fully saturated rings. The third-order valence-corrected chi connectivity index (χ3v) is 6.35. The molecule has 25 heavy (non-hydrogen) atoms. The second-order valence-corrected chi connectivity index (χ2v) is 8.48. The molecule has 0 aromatic heterocycles. The number of nitrogens with zero attached hydrogens (tertiary/aromatic N) is 1. The summed E-state index contributed by atoms with van der Waals surface area (Å²) >= 11 is 0. The van der Waals surface area contributed by atoms with Gasteiger partial charge in [0.2, 0.25) is 0 Å². The Morgan fingerprint density at radius 3 is 2.88 bits per heavy atom. The predicted molar refractivity (Wildman–Crippen MR) is 105 cm³/mol. The molecule has 1 saturated carbocycles. The number of aliphatic imine (C=N–C) groups is 1. The number of benzene rings is 1. The van der Waals surface area contributed by atoms with Crippen LogP contribution in [0.2, 0.25) is 0 Å². The number of hydrogen-bond donors (Lipinski definition) is 2. The Balaban J connectivity index is 1.86. The molecular weight excluding hydrogens is 334 g/mol. The quantitative estimate of drug-likeness (QED) is 0.576. The molecule has 1 aromatic carbocycles. The summed E-state index contributed by atoms with van der Waals surface area (Å²) in [4.78, 5) is 4.34. The van der Waals surface area contributed by atoms with Crippen LogP contribution in [-0.4, -0.2) is 41.4 Å². The van der Waals surface area contributed by atoms with Crippen molar-refractivity contribution in [3.63, 3.8) is 0 Å². The van der Waals surface area contributed by atoms with E-state index in [9.17, 15) is 4.21 Å². The van der Waals surface area contributed by atoms with Gasteiger partial charge in [0.05, 0.1) is 6.61 Å². The zero-order chi connectivity index (χ0) is 18.1. The summed E-state index contributed by atoms with van der Waals surface area (Å²) in [5.41, 5.74) is 2.37. The van der Waals surface area contributed by atoms with E-state index >= 15 is 0 Å². The minimum absolute atomic E-state index is 0.320. The van der Waals surface area contributed by atoms with Gasteiger partial charge in [0.25, 0.3) is 0 Å². The van der Waals surface area contributed by atoms with Gasteiger partial charge in [-0.25, -0.2) is 0 Å². The summed E-state index contributed by atoms with van der Waals surface area (Å²) in [7, 11) is 2.80. The molecule has 2 N–H and O–H groups in total. The molecule has 140 valence electrons. The fourth-order valence-electron chi connectivity index (χ4n) is 3.32. The number of nitrogens with one attached hydrogen (secondary N) is 2. The van der Waals surface area contributed by atoms with Crippen molar-refractivity contribution in [2.24, 2.45) is 4.99 Å². The molecule has 3 atom stereocenters. The van der Waals surface area contributed by atoms with Crippen molar-refractivity contribution in [1.82, 2.24) is 10.6 Å². The van der Waals surface area contributed by atoms with Gasteiger partial charge < -0.3 is 15.4 Å². The summed E-state index contributed by atoms with van der Waals surface area (Å²) < 4.78 is 17.3. The first kappa shape index (κ1) is 19.9. The van der Waals surface area contributed by atoms with Crippen molar-refractivity contribution >= 4 is 16.8 Å². The maximum Gasteiger partial charge on any atom is 0.191 e. The second-order valence-electron chi connectivity index (χ2n) is 6.48. The van der Waals surface area contributed by atoms with Crippen LogP contribution in [0, 0.1) is 0 Å². The van der Waals surface area contributed by atoms with Crippen LogP contribution >= 0.6 is 0 Å². The summed E-state index contributed by atoms with van der Waals surface area (Å²) in [5, 5.41) is 7.21. The summed E-state index contributed by atoms with van der Waals surface area (Å²) in [5.74, 6) is 1.56. The van der Waals surface area contributed by atoms with Crippen molar-refractivity contribution < 1.29 is 8.95 Å². The molecular formula is C19H31N3O2S. The maximum absolute atomic E-state index is 12.1. The van der Waals surface area contributed by atoms with Crippen LogP contribution in [0.4, 0.5) is 0 Å². The third-order valence-electron chi connectivity index (χ3n) is 4.61. The average Bonchev–Trinajstić information content (AvgIpc) is 2.65. The van der Waals surface area contributed by atoms with Gasteiger partial charge in [-0.2, -0.15) is 0 Å². The van der Waals surface area contributed by atoms with E-state index in [0.29, 0.717) is 24.4 Å². The zero-order valence-corrected chi connectivity index (χ0v) is 16.4. The number of methoxy groups -OCH3 is 1. The van der Waals surface area contributed by atoms with Crippen molar-refractivity contribution in [3.8, 4) is 0 Å². The molecule has 0 aliphatic heterocycles. The Bertz CT molecular complexity index is 592. The molecule has 1 aliphatic rings. The van der Waals surface area contributed by atoms with E-state index in [-0.39, 0.29) is 0 Å². The van der Waals surface area contributed by atoms with E-state index in [1.54, 1.807) is 14.2 Å².